The van der Waals surface area contributed by atoms with E-state index >= 15 is 0 Å². The lowest BCUT2D eigenvalue weighted by molar-refractivity contribution is 1.11. The summed E-state index contributed by atoms with van der Waals surface area (Å²) in [6.07, 6.45) is 9.21. The second kappa shape index (κ2) is 3.01. The number of imidazole rings is 1. The van der Waals surface area contributed by atoms with E-state index in [9.17, 15) is 0 Å². The molecule has 1 heterocycles. The lowest BCUT2D eigenvalue weighted by atomic mass is 10.5. The van der Waals surface area contributed by atoms with E-state index in [-0.39, 0.29) is 0 Å². The predicted molar refractivity (Wildman–Crippen MR) is 43.3 cm³/mol. The highest BCUT2D eigenvalue weighted by Crippen LogP contribution is 1.99. The number of hydrogen-bond acceptors (Lipinski definition) is 1. The first-order chi connectivity index (χ1) is 4.88. The fraction of sp³-hybridized carbons (Fsp3) is 0.125. The topological polar surface area (TPSA) is 17.8 Å². The molecule has 2 heteroatoms. The summed E-state index contributed by atoms with van der Waals surface area (Å²) in [6, 6.07) is 0. The Bertz CT molecular complexity index is 246. The third kappa shape index (κ3) is 1.16. The molecule has 1 rings (SSSR count). The highest BCUT2D eigenvalue weighted by molar-refractivity contribution is 5.43. The van der Waals surface area contributed by atoms with Crippen molar-refractivity contribution in [2.45, 2.75) is 6.92 Å². The summed E-state index contributed by atoms with van der Waals surface area (Å²) in [6.45, 7) is 5.60. The van der Waals surface area contributed by atoms with E-state index in [2.05, 4.69) is 11.6 Å². The van der Waals surface area contributed by atoms with Gasteiger partial charge in [0, 0.05) is 18.6 Å². The van der Waals surface area contributed by atoms with Gasteiger partial charge in [0.05, 0.1) is 0 Å². The van der Waals surface area contributed by atoms with Gasteiger partial charge in [0.15, 0.2) is 0 Å². The third-order valence-electron chi connectivity index (χ3n) is 1.21. The van der Waals surface area contributed by atoms with Gasteiger partial charge < -0.3 is 4.57 Å². The number of hydrogen-bond donors (Lipinski definition) is 0. The van der Waals surface area contributed by atoms with Gasteiger partial charge in [-0.2, -0.15) is 0 Å². The molecule has 0 fully saturated rings. The van der Waals surface area contributed by atoms with Gasteiger partial charge in [0.1, 0.15) is 5.82 Å². The molecular formula is C8H10N2. The zero-order chi connectivity index (χ0) is 7.40. The lowest BCUT2D eigenvalue weighted by Gasteiger charge is -1.92. The molecule has 0 unspecified atom stereocenters. The van der Waals surface area contributed by atoms with Crippen LogP contribution in [-0.2, 0) is 0 Å². The molecule has 10 heavy (non-hydrogen) atoms. The fourth-order valence-electron chi connectivity index (χ4n) is 0.757. The molecule has 0 atom stereocenters. The molecule has 0 bridgehead atoms. The average molecular weight is 134 g/mol. The Labute approximate surface area is 60.5 Å². The van der Waals surface area contributed by atoms with Crippen LogP contribution >= 0.6 is 0 Å². The van der Waals surface area contributed by atoms with E-state index in [1.807, 2.05) is 29.8 Å². The maximum atomic E-state index is 4.08. The number of nitrogens with zero attached hydrogens (tertiary/aromatic N) is 2. The first kappa shape index (κ1) is 6.81. The standard InChI is InChI=1S/C8H10N2/c1-3-5-8-9-6-7-10(8)4-2/h3-7H,2H2,1H3/b5-3+. The largest absolute Gasteiger partial charge is 0.308 e. The normalized spacial score (nSPS) is 10.5. The van der Waals surface area contributed by atoms with Crippen LogP contribution in [-0.4, -0.2) is 9.55 Å². The Hall–Kier alpha value is -1.31. The molecule has 1 aromatic rings. The highest BCUT2D eigenvalue weighted by atomic mass is 15.0. The smallest absolute Gasteiger partial charge is 0.136 e. The van der Waals surface area contributed by atoms with E-state index in [1.54, 1.807) is 12.4 Å². The van der Waals surface area contributed by atoms with Gasteiger partial charge in [-0.15, -0.1) is 0 Å². The Balaban J connectivity index is 3.00. The minimum atomic E-state index is 0.914. The molecule has 0 aliphatic heterocycles. The van der Waals surface area contributed by atoms with Crippen molar-refractivity contribution in [1.82, 2.24) is 9.55 Å². The van der Waals surface area contributed by atoms with Gasteiger partial charge >= 0.3 is 0 Å². The molecule has 0 N–H and O–H groups in total. The van der Waals surface area contributed by atoms with Crippen molar-refractivity contribution in [3.8, 4) is 0 Å². The van der Waals surface area contributed by atoms with Crippen molar-refractivity contribution < 1.29 is 0 Å². The van der Waals surface area contributed by atoms with Gasteiger partial charge in [-0.1, -0.05) is 12.7 Å². The summed E-state index contributed by atoms with van der Waals surface area (Å²) in [5.74, 6) is 0.914. The third-order valence-corrected chi connectivity index (χ3v) is 1.21. The van der Waals surface area contributed by atoms with E-state index in [1.165, 1.54) is 0 Å². The van der Waals surface area contributed by atoms with E-state index in [0.29, 0.717) is 0 Å². The fourth-order valence-corrected chi connectivity index (χ4v) is 0.757. The van der Waals surface area contributed by atoms with Crippen LogP contribution in [0.3, 0.4) is 0 Å². The molecule has 52 valence electrons. The quantitative estimate of drug-likeness (QED) is 0.605. The number of allylic oxidation sites excluding steroid dienone is 1. The summed E-state index contributed by atoms with van der Waals surface area (Å²) < 4.78 is 1.86. The van der Waals surface area contributed by atoms with E-state index in [4.69, 9.17) is 0 Å². The van der Waals surface area contributed by atoms with Crippen molar-refractivity contribution in [2.75, 3.05) is 0 Å². The SMILES string of the molecule is C=Cn1ccnc1/C=C/C. The van der Waals surface area contributed by atoms with Gasteiger partial charge in [-0.3, -0.25) is 0 Å². The predicted octanol–water partition coefficient (Wildman–Crippen LogP) is 2.02. The average Bonchev–Trinajstić information content (AvgIpc) is 2.36. The second-order valence-electron chi connectivity index (χ2n) is 1.88. The van der Waals surface area contributed by atoms with Gasteiger partial charge in [0.2, 0.25) is 0 Å². The molecule has 0 saturated carbocycles. The molecule has 2 nitrogen and oxygen atoms in total. The van der Waals surface area contributed by atoms with Gasteiger partial charge in [-0.25, -0.2) is 4.98 Å². The van der Waals surface area contributed by atoms with Crippen LogP contribution in [0.15, 0.2) is 25.0 Å². The minimum Gasteiger partial charge on any atom is -0.308 e. The van der Waals surface area contributed by atoms with Crippen molar-refractivity contribution in [1.29, 1.82) is 0 Å². The Morgan fingerprint density at radius 2 is 2.50 bits per heavy atom. The van der Waals surface area contributed by atoms with Gasteiger partial charge in [-0.05, 0) is 13.0 Å². The van der Waals surface area contributed by atoms with Gasteiger partial charge in [0.25, 0.3) is 0 Å². The van der Waals surface area contributed by atoms with Crippen LogP contribution < -0.4 is 0 Å². The summed E-state index contributed by atoms with van der Waals surface area (Å²) in [5, 5.41) is 0. The van der Waals surface area contributed by atoms with Crippen molar-refractivity contribution in [3.63, 3.8) is 0 Å². The maximum Gasteiger partial charge on any atom is 0.136 e. The van der Waals surface area contributed by atoms with Crippen LogP contribution in [0.2, 0.25) is 0 Å². The Morgan fingerprint density at radius 1 is 1.70 bits per heavy atom. The summed E-state index contributed by atoms with van der Waals surface area (Å²) in [5.41, 5.74) is 0. The zero-order valence-electron chi connectivity index (χ0n) is 5.99. The monoisotopic (exact) mass is 134 g/mol. The highest BCUT2D eigenvalue weighted by Gasteiger charge is 1.90. The number of aromatic nitrogens is 2. The van der Waals surface area contributed by atoms with Crippen LogP contribution in [0.4, 0.5) is 0 Å². The minimum absolute atomic E-state index is 0.914. The van der Waals surface area contributed by atoms with Crippen molar-refractivity contribution >= 4 is 12.3 Å². The molecular weight excluding hydrogens is 124 g/mol. The summed E-state index contributed by atoms with van der Waals surface area (Å²) in [4.78, 5) is 4.08. The first-order valence-corrected chi connectivity index (χ1v) is 3.16. The molecule has 0 amide bonds. The molecule has 1 aromatic heterocycles. The molecule has 0 spiro atoms. The van der Waals surface area contributed by atoms with Crippen LogP contribution in [0.1, 0.15) is 12.7 Å². The summed E-state index contributed by atoms with van der Waals surface area (Å²) in [7, 11) is 0. The molecule has 0 saturated heterocycles. The second-order valence-corrected chi connectivity index (χ2v) is 1.88. The first-order valence-electron chi connectivity index (χ1n) is 3.16. The lowest BCUT2D eigenvalue weighted by Crippen LogP contribution is -1.86. The van der Waals surface area contributed by atoms with Crippen molar-refractivity contribution in [3.05, 3.63) is 30.9 Å². The molecule has 0 aliphatic carbocycles. The van der Waals surface area contributed by atoms with E-state index in [0.717, 1.165) is 5.82 Å². The number of rotatable bonds is 2. The van der Waals surface area contributed by atoms with Crippen molar-refractivity contribution in [2.24, 2.45) is 0 Å². The molecule has 0 radical (unpaired) electrons. The van der Waals surface area contributed by atoms with Crippen LogP contribution in [0.5, 0.6) is 0 Å². The molecule has 0 aromatic carbocycles. The van der Waals surface area contributed by atoms with E-state index < -0.39 is 0 Å². The van der Waals surface area contributed by atoms with Crippen LogP contribution in [0.25, 0.3) is 12.3 Å². The van der Waals surface area contributed by atoms with Crippen LogP contribution in [0, 0.1) is 0 Å². The summed E-state index contributed by atoms with van der Waals surface area (Å²) >= 11 is 0. The Morgan fingerprint density at radius 3 is 3.10 bits per heavy atom. The maximum absolute atomic E-state index is 4.08. The Kier molecular flexibility index (Phi) is 2.05. The molecule has 0 aliphatic rings. The zero-order valence-corrected chi connectivity index (χ0v) is 5.99.